The highest BCUT2D eigenvalue weighted by molar-refractivity contribution is 5.98. The van der Waals surface area contributed by atoms with Crippen LogP contribution in [0.3, 0.4) is 0 Å². The van der Waals surface area contributed by atoms with Crippen LogP contribution in [0, 0.1) is 12.8 Å². The van der Waals surface area contributed by atoms with Crippen LogP contribution in [0.1, 0.15) is 85.8 Å². The Bertz CT molecular complexity index is 1570. The first-order valence-corrected chi connectivity index (χ1v) is 16.5. The molecule has 0 aromatic heterocycles. The first-order chi connectivity index (χ1) is 21.8. The Kier molecular flexibility index (Phi) is 9.15. The Labute approximate surface area is 267 Å². The third-order valence-electron chi connectivity index (χ3n) is 9.15. The second-order valence-electron chi connectivity index (χ2n) is 13.2. The minimum atomic E-state index is -0.601. The van der Waals surface area contributed by atoms with E-state index in [9.17, 15) is 9.59 Å². The number of nitrogens with one attached hydrogen (secondary N) is 2. The Hall–Kier alpha value is -4.26. The average Bonchev–Trinajstić information content (AvgIpc) is 3.37. The lowest BCUT2D eigenvalue weighted by molar-refractivity contribution is -0.117. The molecule has 7 nitrogen and oxygen atoms in total. The van der Waals surface area contributed by atoms with Gasteiger partial charge in [-0.1, -0.05) is 37.5 Å². The van der Waals surface area contributed by atoms with E-state index in [4.69, 9.17) is 9.47 Å². The molecular formula is C38H45N3O4. The maximum atomic E-state index is 13.5. The molecule has 45 heavy (non-hydrogen) atoms. The summed E-state index contributed by atoms with van der Waals surface area (Å²) in [6, 6.07) is 22.0. The average molecular weight is 608 g/mol. The highest BCUT2D eigenvalue weighted by Gasteiger charge is 2.28. The number of fused-ring (bicyclic) bond motifs is 1. The van der Waals surface area contributed by atoms with Gasteiger partial charge in [-0.05, 0) is 111 Å². The molecule has 2 N–H and O–H groups in total. The van der Waals surface area contributed by atoms with E-state index < -0.39 is 5.54 Å². The molecule has 3 aromatic carbocycles. The van der Waals surface area contributed by atoms with E-state index in [2.05, 4.69) is 41.8 Å². The molecule has 2 amide bonds. The van der Waals surface area contributed by atoms with E-state index in [0.717, 1.165) is 47.8 Å². The number of ether oxygens (including phenoxy) is 2. The molecule has 2 fully saturated rings. The lowest BCUT2D eigenvalue weighted by Gasteiger charge is -2.29. The molecule has 0 unspecified atom stereocenters. The van der Waals surface area contributed by atoms with Crippen LogP contribution in [0.25, 0.3) is 11.3 Å². The number of aryl methyl sites for hydroxylation is 1. The van der Waals surface area contributed by atoms with Gasteiger partial charge in [-0.2, -0.15) is 0 Å². The predicted octanol–water partition coefficient (Wildman–Crippen LogP) is 7.14. The smallest absolute Gasteiger partial charge is 0.251 e. The van der Waals surface area contributed by atoms with Crippen LogP contribution in [0.2, 0.25) is 0 Å². The quantitative estimate of drug-likeness (QED) is 0.285. The number of nitrogens with zero attached hydrogens (tertiary/aromatic N) is 1. The molecule has 0 radical (unpaired) electrons. The number of benzene rings is 3. The molecule has 1 saturated heterocycles. The summed E-state index contributed by atoms with van der Waals surface area (Å²) in [6.07, 6.45) is 7.59. The number of rotatable bonds is 8. The highest BCUT2D eigenvalue weighted by Crippen LogP contribution is 2.42. The zero-order valence-electron chi connectivity index (χ0n) is 26.8. The monoisotopic (exact) mass is 607 g/mol. The van der Waals surface area contributed by atoms with Gasteiger partial charge < -0.3 is 25.0 Å². The molecule has 236 valence electrons. The zero-order chi connectivity index (χ0) is 31.4. The molecular weight excluding hydrogens is 562 g/mol. The molecule has 3 aliphatic rings. The van der Waals surface area contributed by atoms with Crippen LogP contribution in [0.15, 0.2) is 66.7 Å². The van der Waals surface area contributed by atoms with E-state index in [-0.39, 0.29) is 11.8 Å². The molecule has 3 aromatic rings. The molecule has 2 aliphatic heterocycles. The van der Waals surface area contributed by atoms with Crippen molar-refractivity contribution in [2.75, 3.05) is 31.2 Å². The summed E-state index contributed by atoms with van der Waals surface area (Å²) in [5.74, 6) is 2.11. The highest BCUT2D eigenvalue weighted by atomic mass is 16.5. The fraction of sp³-hybridized carbons (Fsp3) is 0.421. The van der Waals surface area contributed by atoms with Crippen LogP contribution in [-0.2, 0) is 4.79 Å². The van der Waals surface area contributed by atoms with Crippen molar-refractivity contribution in [1.82, 2.24) is 10.6 Å². The maximum Gasteiger partial charge on any atom is 0.251 e. The van der Waals surface area contributed by atoms with Crippen molar-refractivity contribution in [3.63, 3.8) is 0 Å². The third-order valence-corrected chi connectivity index (χ3v) is 9.15. The van der Waals surface area contributed by atoms with Crippen molar-refractivity contribution >= 4 is 28.8 Å². The van der Waals surface area contributed by atoms with Crippen molar-refractivity contribution in [1.29, 1.82) is 0 Å². The normalized spacial score (nSPS) is 18.4. The Morgan fingerprint density at radius 1 is 1.02 bits per heavy atom. The van der Waals surface area contributed by atoms with Gasteiger partial charge in [0.05, 0.1) is 5.54 Å². The van der Waals surface area contributed by atoms with Gasteiger partial charge in [0.2, 0.25) is 5.91 Å². The molecule has 2 heterocycles. The van der Waals surface area contributed by atoms with Crippen LogP contribution in [0.4, 0.5) is 5.69 Å². The van der Waals surface area contributed by atoms with Crippen LogP contribution >= 0.6 is 0 Å². The molecule has 0 bridgehead atoms. The van der Waals surface area contributed by atoms with Crippen molar-refractivity contribution in [3.8, 4) is 11.5 Å². The number of amides is 2. The van der Waals surface area contributed by atoms with Gasteiger partial charge in [-0.3, -0.25) is 9.59 Å². The van der Waals surface area contributed by atoms with Crippen molar-refractivity contribution in [3.05, 3.63) is 89.0 Å². The first-order valence-electron chi connectivity index (χ1n) is 16.5. The molecule has 0 atom stereocenters. The largest absolute Gasteiger partial charge is 0.491 e. The second-order valence-corrected chi connectivity index (χ2v) is 13.2. The Balaban J connectivity index is 1.18. The van der Waals surface area contributed by atoms with Gasteiger partial charge >= 0.3 is 0 Å². The Morgan fingerprint density at radius 3 is 2.53 bits per heavy atom. The number of carbonyl (C=O) groups excluding carboxylic acids is 2. The lowest BCUT2D eigenvalue weighted by Crippen LogP contribution is -2.47. The predicted molar refractivity (Wildman–Crippen MR) is 180 cm³/mol. The standard InChI is InChI=1S/C38H45N3O4/c1-26-24-28(37(43)40-38(2,3)25-45-30-18-16-29(17-19-30)41-22-9-14-34(41)42)15-20-31(26)35(27-10-5-4-6-11-27)36-32-12-7-8-13-33(32)44-23-21-39-36/h7-8,12-13,15-20,24,27,39H,4-6,9-11,14,21-23,25H2,1-3H3,(H,40,43)/b36-35-. The number of para-hydroxylation sites is 1. The Morgan fingerprint density at radius 2 is 1.80 bits per heavy atom. The third kappa shape index (κ3) is 7.03. The minimum Gasteiger partial charge on any atom is -0.491 e. The van der Waals surface area contributed by atoms with Crippen LogP contribution in [0.5, 0.6) is 11.5 Å². The van der Waals surface area contributed by atoms with E-state index in [1.165, 1.54) is 43.2 Å². The molecule has 6 rings (SSSR count). The van der Waals surface area contributed by atoms with Gasteiger partial charge in [0.25, 0.3) is 5.91 Å². The first kappa shape index (κ1) is 30.8. The molecule has 1 aliphatic carbocycles. The van der Waals surface area contributed by atoms with Gasteiger partial charge in [0, 0.05) is 42.0 Å². The summed E-state index contributed by atoms with van der Waals surface area (Å²) in [5.41, 5.74) is 6.82. The van der Waals surface area contributed by atoms with Gasteiger partial charge in [0.1, 0.15) is 24.7 Å². The SMILES string of the molecule is Cc1cc(C(=O)NC(C)(C)COc2ccc(N3CCCC3=O)cc2)ccc1/C(=C1\NCCOc2ccccc21)C1CCCCC1. The van der Waals surface area contributed by atoms with Crippen molar-refractivity contribution in [2.24, 2.45) is 5.92 Å². The second kappa shape index (κ2) is 13.4. The van der Waals surface area contributed by atoms with Gasteiger partial charge in [-0.15, -0.1) is 0 Å². The van der Waals surface area contributed by atoms with Gasteiger partial charge in [0.15, 0.2) is 0 Å². The number of hydrogen-bond acceptors (Lipinski definition) is 5. The zero-order valence-corrected chi connectivity index (χ0v) is 26.8. The number of allylic oxidation sites excluding steroid dienone is 1. The van der Waals surface area contributed by atoms with Gasteiger partial charge in [-0.25, -0.2) is 0 Å². The summed E-state index contributed by atoms with van der Waals surface area (Å²) in [6.45, 7) is 8.49. The summed E-state index contributed by atoms with van der Waals surface area (Å²) in [7, 11) is 0. The number of carbonyl (C=O) groups is 2. The molecule has 7 heteroatoms. The lowest BCUT2D eigenvalue weighted by atomic mass is 9.78. The summed E-state index contributed by atoms with van der Waals surface area (Å²) < 4.78 is 12.1. The summed E-state index contributed by atoms with van der Waals surface area (Å²) >= 11 is 0. The van der Waals surface area contributed by atoms with Crippen LogP contribution < -0.4 is 25.0 Å². The minimum absolute atomic E-state index is 0.126. The molecule has 1 saturated carbocycles. The summed E-state index contributed by atoms with van der Waals surface area (Å²) in [4.78, 5) is 27.4. The summed E-state index contributed by atoms with van der Waals surface area (Å²) in [5, 5.41) is 6.89. The number of anilines is 1. The fourth-order valence-corrected chi connectivity index (χ4v) is 6.85. The van der Waals surface area contributed by atoms with E-state index >= 15 is 0 Å². The molecule has 0 spiro atoms. The van der Waals surface area contributed by atoms with Crippen LogP contribution in [-0.4, -0.2) is 43.7 Å². The van der Waals surface area contributed by atoms with E-state index in [1.54, 1.807) is 0 Å². The van der Waals surface area contributed by atoms with Crippen molar-refractivity contribution in [2.45, 2.75) is 71.3 Å². The number of hydrogen-bond donors (Lipinski definition) is 2. The fourth-order valence-electron chi connectivity index (χ4n) is 6.85. The van der Waals surface area contributed by atoms with E-state index in [0.29, 0.717) is 36.9 Å². The van der Waals surface area contributed by atoms with E-state index in [1.807, 2.05) is 61.2 Å². The maximum absolute atomic E-state index is 13.5. The topological polar surface area (TPSA) is 79.9 Å². The van der Waals surface area contributed by atoms with Crippen molar-refractivity contribution < 1.29 is 19.1 Å².